The minimum absolute atomic E-state index is 0.465. The molecule has 0 saturated carbocycles. The Hall–Kier alpha value is -1.66. The Labute approximate surface area is 126 Å². The molecule has 2 heterocycles. The summed E-state index contributed by atoms with van der Waals surface area (Å²) in [7, 11) is 0. The van der Waals surface area contributed by atoms with Crippen molar-refractivity contribution in [3.63, 3.8) is 0 Å². The first-order valence-corrected chi connectivity index (χ1v) is 7.32. The van der Waals surface area contributed by atoms with Gasteiger partial charge in [0.25, 0.3) is 0 Å². The summed E-state index contributed by atoms with van der Waals surface area (Å²) in [6.45, 7) is 4.03. The van der Waals surface area contributed by atoms with Gasteiger partial charge in [-0.1, -0.05) is 15.9 Å². The van der Waals surface area contributed by atoms with Gasteiger partial charge in [0.15, 0.2) is 0 Å². The first-order valence-electron chi connectivity index (χ1n) is 6.53. The van der Waals surface area contributed by atoms with Gasteiger partial charge in [0.1, 0.15) is 18.0 Å². The van der Waals surface area contributed by atoms with Crippen molar-refractivity contribution in [2.75, 3.05) is 23.7 Å². The van der Waals surface area contributed by atoms with Crippen molar-refractivity contribution >= 4 is 33.3 Å². The molecule has 1 aliphatic rings. The maximum absolute atomic E-state index is 4.26. The van der Waals surface area contributed by atoms with Crippen LogP contribution in [-0.2, 0) is 0 Å². The highest BCUT2D eigenvalue weighted by atomic mass is 79.9. The Balaban J connectivity index is 1.74. The lowest BCUT2D eigenvalue weighted by atomic mass is 10.2. The van der Waals surface area contributed by atoms with Gasteiger partial charge in [0.05, 0.1) is 6.04 Å². The predicted octanol–water partition coefficient (Wildman–Crippen LogP) is 2.67. The van der Waals surface area contributed by atoms with Gasteiger partial charge < -0.3 is 16.0 Å². The number of aromatic nitrogens is 2. The van der Waals surface area contributed by atoms with E-state index in [1.54, 1.807) is 6.33 Å². The number of hydrogen-bond acceptors (Lipinski definition) is 5. The van der Waals surface area contributed by atoms with Gasteiger partial charge in [-0.25, -0.2) is 9.97 Å². The number of benzene rings is 1. The number of aryl methyl sites for hydroxylation is 1. The highest BCUT2D eigenvalue weighted by Crippen LogP contribution is 2.23. The molecular formula is C14H16BrN5. The second-order valence-corrected chi connectivity index (χ2v) is 5.79. The molecule has 2 aromatic rings. The van der Waals surface area contributed by atoms with E-state index in [9.17, 15) is 0 Å². The number of nitrogens with zero attached hydrogens (tertiary/aromatic N) is 2. The molecule has 0 radical (unpaired) electrons. The third-order valence-electron chi connectivity index (χ3n) is 3.25. The highest BCUT2D eigenvalue weighted by molar-refractivity contribution is 9.10. The van der Waals surface area contributed by atoms with Crippen molar-refractivity contribution in [2.45, 2.75) is 13.0 Å². The molecule has 0 atom stereocenters. The molecule has 3 rings (SSSR count). The Morgan fingerprint density at radius 1 is 1.20 bits per heavy atom. The molecule has 5 nitrogen and oxygen atoms in total. The van der Waals surface area contributed by atoms with Crippen LogP contribution in [0.15, 0.2) is 35.1 Å². The van der Waals surface area contributed by atoms with Crippen LogP contribution in [0.25, 0.3) is 0 Å². The summed E-state index contributed by atoms with van der Waals surface area (Å²) in [5, 5.41) is 9.91. The molecule has 0 amide bonds. The number of nitrogens with one attached hydrogen (secondary N) is 3. The number of halogens is 1. The molecule has 3 N–H and O–H groups in total. The van der Waals surface area contributed by atoms with Crippen molar-refractivity contribution in [3.8, 4) is 0 Å². The van der Waals surface area contributed by atoms with E-state index in [1.807, 2.05) is 18.2 Å². The van der Waals surface area contributed by atoms with Crippen molar-refractivity contribution in [3.05, 3.63) is 40.6 Å². The molecule has 104 valence electrons. The summed E-state index contributed by atoms with van der Waals surface area (Å²) in [4.78, 5) is 8.50. The maximum atomic E-state index is 4.26. The summed E-state index contributed by atoms with van der Waals surface area (Å²) < 4.78 is 1.07. The third kappa shape index (κ3) is 3.08. The number of anilines is 3. The highest BCUT2D eigenvalue weighted by Gasteiger charge is 2.16. The lowest BCUT2D eigenvalue weighted by molar-refractivity contribution is 0.471. The average Bonchev–Trinajstić information content (AvgIpc) is 2.38. The van der Waals surface area contributed by atoms with Crippen LogP contribution >= 0.6 is 15.9 Å². The van der Waals surface area contributed by atoms with Gasteiger partial charge in [-0.15, -0.1) is 0 Å². The van der Waals surface area contributed by atoms with E-state index < -0.39 is 0 Å². The molecule has 0 aliphatic carbocycles. The molecule has 0 bridgehead atoms. The maximum Gasteiger partial charge on any atom is 0.135 e. The molecule has 1 fully saturated rings. The average molecular weight is 334 g/mol. The van der Waals surface area contributed by atoms with Gasteiger partial charge in [0, 0.05) is 29.3 Å². The SMILES string of the molecule is Cc1cc(Br)ccc1Nc1cc(NC2CNC2)ncn1. The molecule has 20 heavy (non-hydrogen) atoms. The van der Waals surface area contributed by atoms with Crippen LogP contribution in [0.1, 0.15) is 5.56 Å². The topological polar surface area (TPSA) is 61.9 Å². The van der Waals surface area contributed by atoms with Gasteiger partial charge in [-0.2, -0.15) is 0 Å². The fourth-order valence-electron chi connectivity index (χ4n) is 2.01. The van der Waals surface area contributed by atoms with Crippen LogP contribution in [0, 0.1) is 6.92 Å². The van der Waals surface area contributed by atoms with Crippen molar-refractivity contribution in [2.24, 2.45) is 0 Å². The van der Waals surface area contributed by atoms with Crippen molar-refractivity contribution in [1.82, 2.24) is 15.3 Å². The van der Waals surface area contributed by atoms with Crippen LogP contribution in [-0.4, -0.2) is 29.1 Å². The van der Waals surface area contributed by atoms with E-state index in [1.165, 1.54) is 0 Å². The summed E-state index contributed by atoms with van der Waals surface area (Å²) in [5.74, 6) is 1.64. The lowest BCUT2D eigenvalue weighted by Crippen LogP contribution is -2.51. The summed E-state index contributed by atoms with van der Waals surface area (Å²) in [6.07, 6.45) is 1.57. The van der Waals surface area contributed by atoms with E-state index in [2.05, 4.69) is 54.8 Å². The normalized spacial score (nSPS) is 14.7. The standard InChI is InChI=1S/C14H16BrN5/c1-9-4-10(15)2-3-12(9)20-14-5-13(17-8-18-14)19-11-6-16-7-11/h2-5,8,11,16H,6-7H2,1H3,(H2,17,18,19,20). The minimum Gasteiger partial charge on any atom is -0.365 e. The second kappa shape index (κ2) is 5.76. The molecule has 0 spiro atoms. The van der Waals surface area contributed by atoms with Crippen LogP contribution in [0.2, 0.25) is 0 Å². The van der Waals surface area contributed by atoms with Crippen molar-refractivity contribution < 1.29 is 0 Å². The summed E-state index contributed by atoms with van der Waals surface area (Å²) in [5.41, 5.74) is 2.21. The monoisotopic (exact) mass is 333 g/mol. The summed E-state index contributed by atoms with van der Waals surface area (Å²) in [6, 6.07) is 8.51. The molecule has 6 heteroatoms. The molecule has 1 aromatic carbocycles. The third-order valence-corrected chi connectivity index (χ3v) is 3.75. The Morgan fingerprint density at radius 3 is 2.70 bits per heavy atom. The zero-order chi connectivity index (χ0) is 13.9. The van der Waals surface area contributed by atoms with E-state index in [0.29, 0.717) is 6.04 Å². The fourth-order valence-corrected chi connectivity index (χ4v) is 2.49. The van der Waals surface area contributed by atoms with Crippen molar-refractivity contribution in [1.29, 1.82) is 0 Å². The van der Waals surface area contributed by atoms with Gasteiger partial charge in [-0.3, -0.25) is 0 Å². The Bertz CT molecular complexity index is 612. The molecule has 0 unspecified atom stereocenters. The minimum atomic E-state index is 0.465. The van der Waals surface area contributed by atoms with Crippen LogP contribution in [0.5, 0.6) is 0 Å². The van der Waals surface area contributed by atoms with Gasteiger partial charge in [-0.05, 0) is 30.7 Å². The largest absolute Gasteiger partial charge is 0.365 e. The quantitative estimate of drug-likeness (QED) is 0.802. The van der Waals surface area contributed by atoms with E-state index in [4.69, 9.17) is 0 Å². The van der Waals surface area contributed by atoms with E-state index in [-0.39, 0.29) is 0 Å². The second-order valence-electron chi connectivity index (χ2n) is 4.87. The lowest BCUT2D eigenvalue weighted by Gasteiger charge is -2.28. The molecular weight excluding hydrogens is 318 g/mol. The van der Waals surface area contributed by atoms with E-state index in [0.717, 1.165) is 40.4 Å². The molecule has 1 saturated heterocycles. The van der Waals surface area contributed by atoms with Crippen LogP contribution in [0.4, 0.5) is 17.3 Å². The first-order chi connectivity index (χ1) is 9.70. The number of hydrogen-bond donors (Lipinski definition) is 3. The van der Waals surface area contributed by atoms with Gasteiger partial charge in [0.2, 0.25) is 0 Å². The zero-order valence-corrected chi connectivity index (χ0v) is 12.7. The first kappa shape index (κ1) is 13.3. The smallest absolute Gasteiger partial charge is 0.135 e. The van der Waals surface area contributed by atoms with Crippen LogP contribution < -0.4 is 16.0 Å². The van der Waals surface area contributed by atoms with Gasteiger partial charge >= 0.3 is 0 Å². The zero-order valence-electron chi connectivity index (χ0n) is 11.2. The number of rotatable bonds is 4. The van der Waals surface area contributed by atoms with E-state index >= 15 is 0 Å². The molecule has 1 aromatic heterocycles. The summed E-state index contributed by atoms with van der Waals surface area (Å²) >= 11 is 3.47. The fraction of sp³-hybridized carbons (Fsp3) is 0.286. The Kier molecular flexibility index (Phi) is 3.84. The van der Waals surface area contributed by atoms with Crippen LogP contribution in [0.3, 0.4) is 0 Å². The predicted molar refractivity (Wildman–Crippen MR) is 84.5 cm³/mol. The molecule has 1 aliphatic heterocycles. The Morgan fingerprint density at radius 2 is 2.00 bits per heavy atom.